The van der Waals surface area contributed by atoms with Crippen LogP contribution in [0.5, 0.6) is 0 Å². The lowest BCUT2D eigenvalue weighted by Crippen LogP contribution is -2.54. The van der Waals surface area contributed by atoms with Crippen molar-refractivity contribution in [3.05, 3.63) is 65.2 Å². The first kappa shape index (κ1) is 21.7. The van der Waals surface area contributed by atoms with Crippen LogP contribution in [0.15, 0.2) is 59.5 Å². The largest absolute Gasteiger partial charge is 0.355 e. The molecule has 4 nitrogen and oxygen atoms in total. The van der Waals surface area contributed by atoms with Gasteiger partial charge in [0.2, 0.25) is 11.8 Å². The Morgan fingerprint density at radius 1 is 1.03 bits per heavy atom. The van der Waals surface area contributed by atoms with Gasteiger partial charge >= 0.3 is 0 Å². The van der Waals surface area contributed by atoms with Gasteiger partial charge in [-0.2, -0.15) is 0 Å². The minimum Gasteiger partial charge on any atom is -0.355 e. The Morgan fingerprint density at radius 3 is 2.48 bits per heavy atom. The second-order valence-corrected chi connectivity index (χ2v) is 8.94. The molecule has 1 unspecified atom stereocenters. The van der Waals surface area contributed by atoms with E-state index in [9.17, 15) is 9.59 Å². The summed E-state index contributed by atoms with van der Waals surface area (Å²) >= 11 is 7.50. The number of carbonyl (C=O) groups is 2. The van der Waals surface area contributed by atoms with E-state index in [0.717, 1.165) is 30.6 Å². The molecule has 1 fully saturated rings. The molecule has 3 rings (SSSR count). The highest BCUT2D eigenvalue weighted by atomic mass is 35.5. The maximum Gasteiger partial charge on any atom is 0.239 e. The molecule has 1 aliphatic heterocycles. The first-order valence-corrected chi connectivity index (χ1v) is 11.4. The number of likely N-dealkylation sites (tertiary alicyclic amines) is 1. The molecule has 0 saturated carbocycles. The predicted octanol–water partition coefficient (Wildman–Crippen LogP) is 4.91. The highest BCUT2D eigenvalue weighted by molar-refractivity contribution is 8.00. The van der Waals surface area contributed by atoms with E-state index in [0.29, 0.717) is 18.0 Å². The van der Waals surface area contributed by atoms with Crippen molar-refractivity contribution in [3.63, 3.8) is 0 Å². The summed E-state index contributed by atoms with van der Waals surface area (Å²) in [6, 6.07) is 18.1. The number of nitrogens with one attached hydrogen (secondary N) is 1. The molecule has 1 heterocycles. The Morgan fingerprint density at radius 2 is 1.76 bits per heavy atom. The first-order valence-electron chi connectivity index (χ1n) is 10.1. The van der Waals surface area contributed by atoms with Crippen molar-refractivity contribution >= 4 is 35.2 Å². The van der Waals surface area contributed by atoms with Crippen LogP contribution in [0.25, 0.3) is 0 Å². The van der Waals surface area contributed by atoms with Gasteiger partial charge in [-0.1, -0.05) is 54.8 Å². The molecule has 29 heavy (non-hydrogen) atoms. The average Bonchev–Trinajstić information content (AvgIpc) is 2.73. The van der Waals surface area contributed by atoms with Crippen LogP contribution in [-0.4, -0.2) is 35.2 Å². The van der Waals surface area contributed by atoms with Crippen LogP contribution in [0, 0.1) is 0 Å². The number of halogens is 1. The van der Waals surface area contributed by atoms with Gasteiger partial charge in [-0.05, 0) is 49.1 Å². The summed E-state index contributed by atoms with van der Waals surface area (Å²) in [5.41, 5.74) is 1.38. The number of thioether (sulfide) groups is 1. The van der Waals surface area contributed by atoms with Crippen LogP contribution in [0.4, 0.5) is 0 Å². The van der Waals surface area contributed by atoms with E-state index in [1.807, 2.05) is 30.3 Å². The highest BCUT2D eigenvalue weighted by Crippen LogP contribution is 2.35. The summed E-state index contributed by atoms with van der Waals surface area (Å²) in [4.78, 5) is 26.8. The van der Waals surface area contributed by atoms with Crippen LogP contribution < -0.4 is 5.32 Å². The average molecular weight is 431 g/mol. The quantitative estimate of drug-likeness (QED) is 0.407. The lowest BCUT2D eigenvalue weighted by atomic mass is 10.1. The lowest BCUT2D eigenvalue weighted by molar-refractivity contribution is -0.145. The number of rotatable bonds is 11. The number of hydrogen-bond acceptors (Lipinski definition) is 3. The van der Waals surface area contributed by atoms with Crippen LogP contribution in [0.1, 0.15) is 37.7 Å². The van der Waals surface area contributed by atoms with Crippen molar-refractivity contribution < 1.29 is 9.59 Å². The maximum atomic E-state index is 12.2. The smallest absolute Gasteiger partial charge is 0.239 e. The fourth-order valence-corrected chi connectivity index (χ4v) is 4.56. The SMILES string of the molecule is O=C(CN1C(=O)CC1Sc1ccc(Cl)cc1)NCCCCCCc1ccccc1. The summed E-state index contributed by atoms with van der Waals surface area (Å²) in [5.74, 6) is -0.0448. The number of aryl methyl sites for hydroxylation is 1. The van der Waals surface area contributed by atoms with Crippen LogP contribution in [-0.2, 0) is 16.0 Å². The van der Waals surface area contributed by atoms with E-state index in [1.54, 1.807) is 16.7 Å². The zero-order valence-corrected chi connectivity index (χ0v) is 18.1. The van der Waals surface area contributed by atoms with Gasteiger partial charge in [0, 0.05) is 16.5 Å². The fourth-order valence-electron chi connectivity index (χ4n) is 3.28. The van der Waals surface area contributed by atoms with Gasteiger partial charge in [-0.3, -0.25) is 9.59 Å². The molecule has 1 N–H and O–H groups in total. The molecule has 2 amide bonds. The Balaban J connectivity index is 1.27. The first-order chi connectivity index (χ1) is 14.1. The molecule has 1 saturated heterocycles. The minimum atomic E-state index is -0.0796. The number of nitrogens with zero attached hydrogens (tertiary/aromatic N) is 1. The van der Waals surface area contributed by atoms with Crippen molar-refractivity contribution in [2.75, 3.05) is 13.1 Å². The van der Waals surface area contributed by atoms with Crippen LogP contribution in [0.3, 0.4) is 0 Å². The van der Waals surface area contributed by atoms with Gasteiger partial charge in [0.05, 0.1) is 11.8 Å². The molecular weight excluding hydrogens is 404 g/mol. The second-order valence-electron chi connectivity index (χ2n) is 7.25. The summed E-state index contributed by atoms with van der Waals surface area (Å²) in [7, 11) is 0. The fraction of sp³-hybridized carbons (Fsp3) is 0.391. The molecule has 2 aromatic rings. The van der Waals surface area contributed by atoms with Gasteiger partial charge in [0.15, 0.2) is 0 Å². The van der Waals surface area contributed by atoms with E-state index in [-0.39, 0.29) is 23.7 Å². The highest BCUT2D eigenvalue weighted by Gasteiger charge is 2.37. The third kappa shape index (κ3) is 7.09. The predicted molar refractivity (Wildman–Crippen MR) is 119 cm³/mol. The number of β-lactam (4-membered cyclic amide) rings is 1. The van der Waals surface area contributed by atoms with E-state index < -0.39 is 0 Å². The van der Waals surface area contributed by atoms with E-state index in [4.69, 9.17) is 11.6 Å². The Labute approximate surface area is 182 Å². The molecule has 2 aromatic carbocycles. The van der Waals surface area contributed by atoms with Gasteiger partial charge in [-0.25, -0.2) is 0 Å². The summed E-state index contributed by atoms with van der Waals surface area (Å²) in [6.07, 6.45) is 5.99. The maximum absolute atomic E-state index is 12.2. The van der Waals surface area contributed by atoms with Crippen molar-refractivity contribution in [3.8, 4) is 0 Å². The number of hydrogen-bond donors (Lipinski definition) is 1. The number of carbonyl (C=O) groups excluding carboxylic acids is 2. The summed E-state index contributed by atoms with van der Waals surface area (Å²) < 4.78 is 0. The van der Waals surface area contributed by atoms with Gasteiger partial charge in [0.25, 0.3) is 0 Å². The molecule has 0 aliphatic carbocycles. The van der Waals surface area contributed by atoms with Gasteiger partial charge in [-0.15, -0.1) is 11.8 Å². The minimum absolute atomic E-state index is 0.0208. The number of unbranched alkanes of at least 4 members (excludes halogenated alkanes) is 3. The van der Waals surface area contributed by atoms with Crippen LogP contribution in [0.2, 0.25) is 5.02 Å². The van der Waals surface area contributed by atoms with Crippen molar-refractivity contribution in [1.82, 2.24) is 10.2 Å². The summed E-state index contributed by atoms with van der Waals surface area (Å²) in [6.45, 7) is 0.805. The third-order valence-corrected chi connectivity index (χ3v) is 6.46. The topological polar surface area (TPSA) is 49.4 Å². The molecule has 0 aromatic heterocycles. The van der Waals surface area contributed by atoms with E-state index in [1.165, 1.54) is 12.0 Å². The summed E-state index contributed by atoms with van der Waals surface area (Å²) in [5, 5.41) is 3.65. The van der Waals surface area contributed by atoms with E-state index >= 15 is 0 Å². The molecule has 0 radical (unpaired) electrons. The Hall–Kier alpha value is -1.98. The monoisotopic (exact) mass is 430 g/mol. The molecule has 1 aliphatic rings. The number of amides is 2. The zero-order chi connectivity index (χ0) is 20.5. The standard InChI is InChI=1S/C23H27ClN2O2S/c24-19-11-13-20(14-12-19)29-23-16-22(28)26(23)17-21(27)25-15-7-2-1-4-8-18-9-5-3-6-10-18/h3,5-6,9-14,23H,1-2,4,7-8,15-17H2,(H,25,27). The Bertz CT molecular complexity index is 798. The zero-order valence-electron chi connectivity index (χ0n) is 16.5. The molecular formula is C23H27ClN2O2S. The Kier molecular flexibility index (Phi) is 8.44. The van der Waals surface area contributed by atoms with Crippen molar-refractivity contribution in [2.24, 2.45) is 0 Å². The third-order valence-electron chi connectivity index (χ3n) is 4.97. The molecule has 6 heteroatoms. The molecule has 0 spiro atoms. The lowest BCUT2D eigenvalue weighted by Gasteiger charge is -2.39. The van der Waals surface area contributed by atoms with Crippen LogP contribution >= 0.6 is 23.4 Å². The van der Waals surface area contributed by atoms with Crippen molar-refractivity contribution in [1.29, 1.82) is 0 Å². The molecule has 1 atom stereocenters. The van der Waals surface area contributed by atoms with E-state index in [2.05, 4.69) is 29.6 Å². The molecule has 154 valence electrons. The van der Waals surface area contributed by atoms with Gasteiger partial charge < -0.3 is 10.2 Å². The van der Waals surface area contributed by atoms with Gasteiger partial charge in [0.1, 0.15) is 6.54 Å². The molecule has 0 bridgehead atoms. The second kappa shape index (κ2) is 11.3. The normalized spacial score (nSPS) is 15.8. The number of benzene rings is 2. The van der Waals surface area contributed by atoms with Crippen molar-refractivity contribution in [2.45, 2.75) is 48.8 Å².